The summed E-state index contributed by atoms with van der Waals surface area (Å²) in [5, 5.41) is 9.84. The summed E-state index contributed by atoms with van der Waals surface area (Å²) in [5.74, 6) is 1.95. The SMILES string of the molecule is Cc1nc2ccccc2n1Cc1nc2c(O)cccc2[nH]1. The maximum Gasteiger partial charge on any atom is 0.143 e. The molecule has 5 nitrogen and oxygen atoms in total. The number of nitrogens with one attached hydrogen (secondary N) is 1. The van der Waals surface area contributed by atoms with E-state index >= 15 is 0 Å². The molecule has 21 heavy (non-hydrogen) atoms. The van der Waals surface area contributed by atoms with Crippen LogP contribution in [-0.4, -0.2) is 24.6 Å². The lowest BCUT2D eigenvalue weighted by atomic mass is 10.3. The lowest BCUT2D eigenvalue weighted by molar-refractivity contribution is 0.480. The fraction of sp³-hybridized carbons (Fsp3) is 0.125. The average Bonchev–Trinajstić information content (AvgIpc) is 3.02. The zero-order valence-electron chi connectivity index (χ0n) is 11.5. The van der Waals surface area contributed by atoms with Crippen LogP contribution in [0.25, 0.3) is 22.1 Å². The molecule has 0 aliphatic heterocycles. The molecule has 2 aromatic heterocycles. The van der Waals surface area contributed by atoms with Crippen molar-refractivity contribution in [3.8, 4) is 5.75 Å². The Balaban J connectivity index is 1.83. The summed E-state index contributed by atoms with van der Waals surface area (Å²) in [6.07, 6.45) is 0. The minimum atomic E-state index is 0.196. The molecular formula is C16H14N4O. The molecule has 0 radical (unpaired) electrons. The van der Waals surface area contributed by atoms with E-state index in [0.29, 0.717) is 12.1 Å². The number of para-hydroxylation sites is 3. The van der Waals surface area contributed by atoms with Gasteiger partial charge in [-0.25, -0.2) is 9.97 Å². The van der Waals surface area contributed by atoms with E-state index in [-0.39, 0.29) is 5.75 Å². The Bertz CT molecular complexity index is 951. The smallest absolute Gasteiger partial charge is 0.143 e. The molecule has 0 amide bonds. The lowest BCUT2D eigenvalue weighted by Gasteiger charge is -2.03. The van der Waals surface area contributed by atoms with Crippen molar-refractivity contribution in [3.63, 3.8) is 0 Å². The van der Waals surface area contributed by atoms with Crippen molar-refractivity contribution in [2.75, 3.05) is 0 Å². The normalized spacial score (nSPS) is 11.5. The Kier molecular flexibility index (Phi) is 2.47. The fourth-order valence-corrected chi connectivity index (χ4v) is 2.69. The molecule has 5 heteroatoms. The topological polar surface area (TPSA) is 66.7 Å². The molecule has 0 aliphatic rings. The summed E-state index contributed by atoms with van der Waals surface area (Å²) in [6.45, 7) is 2.58. The first kappa shape index (κ1) is 12.0. The van der Waals surface area contributed by atoms with E-state index in [1.807, 2.05) is 31.2 Å². The number of phenolic OH excluding ortho intramolecular Hbond substituents is 1. The molecule has 0 fully saturated rings. The van der Waals surface area contributed by atoms with Gasteiger partial charge >= 0.3 is 0 Å². The van der Waals surface area contributed by atoms with Gasteiger partial charge in [0.15, 0.2) is 0 Å². The number of aromatic nitrogens is 4. The van der Waals surface area contributed by atoms with Crippen LogP contribution in [0.5, 0.6) is 5.75 Å². The van der Waals surface area contributed by atoms with E-state index in [4.69, 9.17) is 0 Å². The third-order valence-electron chi connectivity index (χ3n) is 3.69. The van der Waals surface area contributed by atoms with Gasteiger partial charge < -0.3 is 14.7 Å². The first-order chi connectivity index (χ1) is 10.2. The average molecular weight is 278 g/mol. The van der Waals surface area contributed by atoms with Crippen molar-refractivity contribution in [1.82, 2.24) is 19.5 Å². The zero-order chi connectivity index (χ0) is 14.4. The monoisotopic (exact) mass is 278 g/mol. The quantitative estimate of drug-likeness (QED) is 0.592. The summed E-state index contributed by atoms with van der Waals surface area (Å²) in [7, 11) is 0. The number of nitrogens with zero attached hydrogens (tertiary/aromatic N) is 3. The number of phenols is 1. The maximum atomic E-state index is 9.84. The first-order valence-electron chi connectivity index (χ1n) is 6.81. The van der Waals surface area contributed by atoms with Crippen molar-refractivity contribution < 1.29 is 5.11 Å². The van der Waals surface area contributed by atoms with E-state index in [1.165, 1.54) is 0 Å². The highest BCUT2D eigenvalue weighted by molar-refractivity contribution is 5.81. The van der Waals surface area contributed by atoms with Gasteiger partial charge in [-0.1, -0.05) is 18.2 Å². The van der Waals surface area contributed by atoms with E-state index in [2.05, 4.69) is 25.6 Å². The highest BCUT2D eigenvalue weighted by Gasteiger charge is 2.11. The molecular weight excluding hydrogens is 264 g/mol. The number of hydrogen-bond acceptors (Lipinski definition) is 3. The highest BCUT2D eigenvalue weighted by atomic mass is 16.3. The summed E-state index contributed by atoms with van der Waals surface area (Å²) in [5.41, 5.74) is 3.51. The molecule has 0 unspecified atom stereocenters. The third kappa shape index (κ3) is 1.86. The maximum absolute atomic E-state index is 9.84. The van der Waals surface area contributed by atoms with Crippen LogP contribution in [-0.2, 0) is 6.54 Å². The van der Waals surface area contributed by atoms with E-state index in [0.717, 1.165) is 28.2 Å². The van der Waals surface area contributed by atoms with Crippen molar-refractivity contribution >= 4 is 22.1 Å². The van der Waals surface area contributed by atoms with Crippen LogP contribution >= 0.6 is 0 Å². The number of aromatic amines is 1. The highest BCUT2D eigenvalue weighted by Crippen LogP contribution is 2.23. The van der Waals surface area contributed by atoms with E-state index in [9.17, 15) is 5.11 Å². The summed E-state index contributed by atoms with van der Waals surface area (Å²) >= 11 is 0. The van der Waals surface area contributed by atoms with Gasteiger partial charge in [-0.3, -0.25) is 0 Å². The molecule has 2 aromatic carbocycles. The van der Waals surface area contributed by atoms with Crippen LogP contribution in [0.4, 0.5) is 0 Å². The Morgan fingerprint density at radius 2 is 1.95 bits per heavy atom. The minimum absolute atomic E-state index is 0.196. The molecule has 0 spiro atoms. The van der Waals surface area contributed by atoms with Crippen LogP contribution < -0.4 is 0 Å². The minimum Gasteiger partial charge on any atom is -0.506 e. The summed E-state index contributed by atoms with van der Waals surface area (Å²) in [6, 6.07) is 13.4. The molecule has 4 rings (SSSR count). The molecule has 0 aliphatic carbocycles. The predicted molar refractivity (Wildman–Crippen MR) is 81.3 cm³/mol. The largest absolute Gasteiger partial charge is 0.506 e. The van der Waals surface area contributed by atoms with Gasteiger partial charge in [-0.05, 0) is 31.2 Å². The van der Waals surface area contributed by atoms with Crippen molar-refractivity contribution in [1.29, 1.82) is 0 Å². The number of H-pyrrole nitrogens is 1. The van der Waals surface area contributed by atoms with Crippen LogP contribution in [0.3, 0.4) is 0 Å². The second kappa shape index (κ2) is 4.34. The number of fused-ring (bicyclic) bond motifs is 2. The van der Waals surface area contributed by atoms with Crippen molar-refractivity contribution in [3.05, 3.63) is 54.1 Å². The summed E-state index contributed by atoms with van der Waals surface area (Å²) < 4.78 is 2.12. The van der Waals surface area contributed by atoms with Gasteiger partial charge in [-0.15, -0.1) is 0 Å². The Labute approximate surface area is 120 Å². The molecule has 2 heterocycles. The van der Waals surface area contributed by atoms with Crippen LogP contribution in [0, 0.1) is 6.92 Å². The second-order valence-corrected chi connectivity index (χ2v) is 5.09. The fourth-order valence-electron chi connectivity index (χ4n) is 2.69. The van der Waals surface area contributed by atoms with Crippen molar-refractivity contribution in [2.24, 2.45) is 0 Å². The Morgan fingerprint density at radius 3 is 2.81 bits per heavy atom. The molecule has 104 valence electrons. The number of rotatable bonds is 2. The number of hydrogen-bond donors (Lipinski definition) is 2. The standard InChI is InChI=1S/C16H14N4O/c1-10-17-11-5-2-3-7-13(11)20(10)9-15-18-12-6-4-8-14(21)16(12)19-15/h2-8,21H,9H2,1H3,(H,18,19). The Hall–Kier alpha value is -2.82. The number of aryl methyl sites for hydroxylation is 1. The van der Waals surface area contributed by atoms with Gasteiger partial charge in [0.25, 0.3) is 0 Å². The molecule has 0 atom stereocenters. The number of benzene rings is 2. The van der Waals surface area contributed by atoms with E-state index in [1.54, 1.807) is 12.1 Å². The Morgan fingerprint density at radius 1 is 1.10 bits per heavy atom. The lowest BCUT2D eigenvalue weighted by Crippen LogP contribution is -2.03. The van der Waals surface area contributed by atoms with Crippen molar-refractivity contribution in [2.45, 2.75) is 13.5 Å². The summed E-state index contributed by atoms with van der Waals surface area (Å²) in [4.78, 5) is 12.3. The van der Waals surface area contributed by atoms with Gasteiger partial charge in [0, 0.05) is 0 Å². The van der Waals surface area contributed by atoms with Gasteiger partial charge in [0.05, 0.1) is 23.1 Å². The zero-order valence-corrected chi connectivity index (χ0v) is 11.5. The third-order valence-corrected chi connectivity index (χ3v) is 3.69. The van der Waals surface area contributed by atoms with Crippen LogP contribution in [0.2, 0.25) is 0 Å². The number of imidazole rings is 2. The molecule has 0 bridgehead atoms. The molecule has 0 saturated heterocycles. The van der Waals surface area contributed by atoms with Gasteiger partial charge in [-0.2, -0.15) is 0 Å². The van der Waals surface area contributed by atoms with E-state index < -0.39 is 0 Å². The molecule has 4 aromatic rings. The van der Waals surface area contributed by atoms with Gasteiger partial charge in [0.1, 0.15) is 22.9 Å². The van der Waals surface area contributed by atoms with Crippen LogP contribution in [0.1, 0.15) is 11.6 Å². The predicted octanol–water partition coefficient (Wildman–Crippen LogP) is 2.97. The first-order valence-corrected chi connectivity index (χ1v) is 6.81. The van der Waals surface area contributed by atoms with Gasteiger partial charge in [0.2, 0.25) is 0 Å². The number of aromatic hydroxyl groups is 1. The molecule has 2 N–H and O–H groups in total. The van der Waals surface area contributed by atoms with Crippen LogP contribution in [0.15, 0.2) is 42.5 Å². The molecule has 0 saturated carbocycles. The second-order valence-electron chi connectivity index (χ2n) is 5.09.